The first-order valence-electron chi connectivity index (χ1n) is 18.8. The fourth-order valence-electron chi connectivity index (χ4n) is 8.85. The minimum absolute atomic E-state index is 0.0198. The standard InChI is InChI=1S/C40H50N7O5P/c1-21(2)36(45-40(49)51-5)39(48)47-22(3)6-11-33(47)38-43-31-10-8-24-14-30-28-9-7-25(13-26(28)20-52-34(30)16-29(24)37(31)44-38)32-17-41-35(42-32)15-27-12-23(19-50-4)18-46(27)53/h7,9,13-14,16-17,21-23,27,33,36H,6,8,10-12,15,18-20,53H2,1-5H3,(H,41,42)(H,43,44)(H,45,49)/t22-,23-,27-,33-,36-/m0/s1. The highest BCUT2D eigenvalue weighted by molar-refractivity contribution is 7.13. The van der Waals surface area contributed by atoms with Crippen molar-refractivity contribution in [1.82, 2.24) is 34.8 Å². The average molecular weight is 740 g/mol. The molecule has 2 fully saturated rings. The molecule has 0 bridgehead atoms. The van der Waals surface area contributed by atoms with Gasteiger partial charge in [0.25, 0.3) is 0 Å². The number of benzene rings is 2. The predicted octanol–water partition coefficient (Wildman–Crippen LogP) is 6.23. The van der Waals surface area contributed by atoms with E-state index in [0.29, 0.717) is 18.6 Å². The normalized spacial score (nSPS) is 22.5. The zero-order valence-electron chi connectivity index (χ0n) is 31.2. The van der Waals surface area contributed by atoms with Crippen molar-refractivity contribution in [3.05, 3.63) is 65.0 Å². The minimum atomic E-state index is -0.687. The fourth-order valence-corrected chi connectivity index (χ4v) is 9.38. The lowest BCUT2D eigenvalue weighted by Gasteiger charge is -2.32. The highest BCUT2D eigenvalue weighted by Crippen LogP contribution is 2.46. The molecule has 2 saturated heterocycles. The highest BCUT2D eigenvalue weighted by Gasteiger charge is 2.42. The summed E-state index contributed by atoms with van der Waals surface area (Å²) < 4.78 is 19.0. The van der Waals surface area contributed by atoms with Crippen molar-refractivity contribution in [2.24, 2.45) is 11.8 Å². The second-order valence-corrected chi connectivity index (χ2v) is 16.2. The number of methoxy groups -OCH3 is 2. The Hall–Kier alpha value is -4.25. The Morgan fingerprint density at radius 2 is 1.92 bits per heavy atom. The van der Waals surface area contributed by atoms with Crippen LogP contribution in [0.15, 0.2) is 36.5 Å². The molecule has 1 unspecified atom stereocenters. The van der Waals surface area contributed by atoms with Crippen molar-refractivity contribution in [1.29, 1.82) is 0 Å². The van der Waals surface area contributed by atoms with E-state index in [4.69, 9.17) is 24.2 Å². The summed E-state index contributed by atoms with van der Waals surface area (Å²) in [5.74, 6) is 2.99. The average Bonchev–Trinajstić information content (AvgIpc) is 3.95. The second kappa shape index (κ2) is 14.5. The first kappa shape index (κ1) is 35.8. The first-order chi connectivity index (χ1) is 25.6. The van der Waals surface area contributed by atoms with Crippen LogP contribution in [-0.2, 0) is 40.1 Å². The third-order valence-corrected chi connectivity index (χ3v) is 12.3. The van der Waals surface area contributed by atoms with Crippen LogP contribution in [0.3, 0.4) is 0 Å². The summed E-state index contributed by atoms with van der Waals surface area (Å²) in [5, 5.41) is 2.76. The van der Waals surface area contributed by atoms with Gasteiger partial charge in [-0.15, -0.1) is 0 Å². The van der Waals surface area contributed by atoms with Gasteiger partial charge >= 0.3 is 6.09 Å². The lowest BCUT2D eigenvalue weighted by molar-refractivity contribution is -0.137. The van der Waals surface area contributed by atoms with Gasteiger partial charge < -0.3 is 34.4 Å². The van der Waals surface area contributed by atoms with E-state index in [-0.39, 0.29) is 23.9 Å². The number of nitrogens with one attached hydrogen (secondary N) is 3. The number of alkyl carbamates (subject to hydrolysis) is 1. The van der Waals surface area contributed by atoms with E-state index in [1.54, 1.807) is 7.11 Å². The molecule has 2 aromatic carbocycles. The van der Waals surface area contributed by atoms with Gasteiger partial charge in [0.05, 0.1) is 37.3 Å². The van der Waals surface area contributed by atoms with E-state index in [1.165, 1.54) is 18.2 Å². The summed E-state index contributed by atoms with van der Waals surface area (Å²) in [5.41, 5.74) is 9.89. The number of amides is 2. The number of rotatable bonds is 9. The van der Waals surface area contributed by atoms with Crippen LogP contribution in [-0.4, -0.2) is 87.0 Å². The largest absolute Gasteiger partial charge is 0.488 e. The summed E-state index contributed by atoms with van der Waals surface area (Å²) in [6.45, 7) is 8.22. The maximum atomic E-state index is 13.9. The van der Waals surface area contributed by atoms with Crippen molar-refractivity contribution in [3.63, 3.8) is 0 Å². The molecule has 4 aliphatic rings. The number of fused-ring (bicyclic) bond motifs is 6. The number of carbonyl (C=O) groups is 2. The summed E-state index contributed by atoms with van der Waals surface area (Å²) in [4.78, 5) is 45.1. The second-order valence-electron chi connectivity index (χ2n) is 15.5. The summed E-state index contributed by atoms with van der Waals surface area (Å²) in [6, 6.07) is 10.6. The Morgan fingerprint density at radius 3 is 2.72 bits per heavy atom. The number of likely N-dealkylation sites (tertiary alicyclic amines) is 1. The van der Waals surface area contributed by atoms with Gasteiger partial charge in [-0.3, -0.25) is 9.46 Å². The molecule has 4 aromatic rings. The van der Waals surface area contributed by atoms with Crippen molar-refractivity contribution in [3.8, 4) is 39.4 Å². The summed E-state index contributed by atoms with van der Waals surface area (Å²) in [6.07, 6.45) is 6.68. The maximum absolute atomic E-state index is 13.9. The molecular formula is C40H50N7O5P. The van der Waals surface area contributed by atoms with Crippen molar-refractivity contribution in [2.75, 3.05) is 27.4 Å². The third kappa shape index (κ3) is 6.74. The van der Waals surface area contributed by atoms with E-state index in [9.17, 15) is 9.59 Å². The van der Waals surface area contributed by atoms with Gasteiger partial charge in [-0.2, -0.15) is 0 Å². The lowest BCUT2D eigenvalue weighted by Crippen LogP contribution is -2.52. The molecule has 2 aromatic heterocycles. The van der Waals surface area contributed by atoms with Crippen LogP contribution in [0.25, 0.3) is 33.6 Å². The van der Waals surface area contributed by atoms with Gasteiger partial charge in [-0.25, -0.2) is 14.8 Å². The number of hydrogen-bond acceptors (Lipinski definition) is 8. The number of H-pyrrole nitrogens is 2. The van der Waals surface area contributed by atoms with Crippen LogP contribution in [0.4, 0.5) is 4.79 Å². The predicted molar refractivity (Wildman–Crippen MR) is 205 cm³/mol. The topological polar surface area (TPSA) is 138 Å². The molecule has 12 nitrogen and oxygen atoms in total. The number of imidazole rings is 2. The first-order valence-corrected chi connectivity index (χ1v) is 19.4. The monoisotopic (exact) mass is 739 g/mol. The van der Waals surface area contributed by atoms with Crippen molar-refractivity contribution < 1.29 is 23.8 Å². The van der Waals surface area contributed by atoms with Gasteiger partial charge in [0.2, 0.25) is 5.91 Å². The molecule has 3 aliphatic heterocycles. The van der Waals surface area contributed by atoms with Gasteiger partial charge in [0.1, 0.15) is 30.0 Å². The quantitative estimate of drug-likeness (QED) is 0.172. The zero-order valence-corrected chi connectivity index (χ0v) is 32.4. The molecule has 3 N–H and O–H groups in total. The fraction of sp³-hybridized carbons (Fsp3) is 0.500. The van der Waals surface area contributed by atoms with E-state index in [1.807, 2.05) is 24.9 Å². The van der Waals surface area contributed by atoms with Crippen LogP contribution in [0.1, 0.15) is 74.5 Å². The van der Waals surface area contributed by atoms with Gasteiger partial charge in [0, 0.05) is 49.0 Å². The Labute approximate surface area is 313 Å². The number of carbonyl (C=O) groups excluding carboxylic acids is 2. The lowest BCUT2D eigenvalue weighted by atomic mass is 9.86. The SMILES string of the molecule is COC[C@H]1C[C@@H](Cc2ncc(-c3ccc4c(c3)COc3cc5c(cc3-4)CCc3[nH]c([C@@H]4CC[C@H](C)N4C(=O)[C@@H](NC(=O)OC)C(C)C)nc3-5)[nH]2)N(P)C1. The zero-order chi connectivity index (χ0) is 37.0. The molecule has 6 atom stereocenters. The molecule has 2 amide bonds. The number of aromatic nitrogens is 4. The van der Waals surface area contributed by atoms with Crippen molar-refractivity contribution >= 4 is 21.4 Å². The van der Waals surface area contributed by atoms with Crippen LogP contribution < -0.4 is 10.1 Å². The molecule has 8 rings (SSSR count). The van der Waals surface area contributed by atoms with Crippen molar-refractivity contribution in [2.45, 2.75) is 90.1 Å². The molecular weight excluding hydrogens is 689 g/mol. The van der Waals surface area contributed by atoms with Gasteiger partial charge in [0.15, 0.2) is 0 Å². The third-order valence-electron chi connectivity index (χ3n) is 11.6. The summed E-state index contributed by atoms with van der Waals surface area (Å²) in [7, 11) is 5.97. The van der Waals surface area contributed by atoms with E-state index >= 15 is 0 Å². The van der Waals surface area contributed by atoms with Gasteiger partial charge in [-0.1, -0.05) is 35.4 Å². The molecule has 0 radical (unpaired) electrons. The molecule has 13 heteroatoms. The number of nitrogens with zero attached hydrogens (tertiary/aromatic N) is 4. The van der Waals surface area contributed by atoms with Crippen LogP contribution >= 0.6 is 9.39 Å². The number of aryl methyl sites for hydroxylation is 2. The Morgan fingerprint density at radius 1 is 1.08 bits per heavy atom. The maximum Gasteiger partial charge on any atom is 0.407 e. The molecule has 1 aliphatic carbocycles. The van der Waals surface area contributed by atoms with E-state index in [2.05, 4.69) is 66.6 Å². The highest BCUT2D eigenvalue weighted by atomic mass is 31.0. The van der Waals surface area contributed by atoms with Crippen LogP contribution in [0.5, 0.6) is 5.75 Å². The molecule has 53 heavy (non-hydrogen) atoms. The van der Waals surface area contributed by atoms with E-state index < -0.39 is 12.1 Å². The minimum Gasteiger partial charge on any atom is -0.488 e. The summed E-state index contributed by atoms with van der Waals surface area (Å²) >= 11 is 0. The van der Waals surface area contributed by atoms with Crippen LogP contribution in [0.2, 0.25) is 0 Å². The molecule has 5 heterocycles. The molecule has 0 saturated carbocycles. The molecule has 280 valence electrons. The Kier molecular flexibility index (Phi) is 9.80. The number of aromatic amines is 2. The van der Waals surface area contributed by atoms with E-state index in [0.717, 1.165) is 108 Å². The Balaban J connectivity index is 1.02. The smallest absolute Gasteiger partial charge is 0.407 e. The molecule has 0 spiro atoms. The number of ether oxygens (including phenoxy) is 3. The Bertz CT molecular complexity index is 2030. The van der Waals surface area contributed by atoms with Crippen LogP contribution in [0, 0.1) is 11.8 Å². The number of hydrogen-bond donors (Lipinski definition) is 3. The van der Waals surface area contributed by atoms with Gasteiger partial charge in [-0.05, 0) is 91.3 Å².